The summed E-state index contributed by atoms with van der Waals surface area (Å²) in [6.07, 6.45) is 0. The minimum absolute atomic E-state index is 0.0213. The van der Waals surface area contributed by atoms with E-state index in [0.29, 0.717) is 19.0 Å². The minimum atomic E-state index is 0.0213. The summed E-state index contributed by atoms with van der Waals surface area (Å²) >= 11 is 0. The van der Waals surface area contributed by atoms with Gasteiger partial charge in [0.05, 0.1) is 5.92 Å². The Kier molecular flexibility index (Phi) is 4.33. The standard InChI is InChI=1S/C14H21N3O/c1-10(12-6-4-3-5-7-12)8-15-14(18)13-9-16-17-11(13)2/h3-7,10-11,13,16-17H,8-9H2,1-2H3,(H,15,18). The van der Waals surface area contributed by atoms with Gasteiger partial charge in [-0.15, -0.1) is 0 Å². The molecule has 0 spiro atoms. The quantitative estimate of drug-likeness (QED) is 0.744. The van der Waals surface area contributed by atoms with E-state index in [9.17, 15) is 4.79 Å². The van der Waals surface area contributed by atoms with Crippen molar-refractivity contribution in [2.75, 3.05) is 13.1 Å². The highest BCUT2D eigenvalue weighted by Crippen LogP contribution is 2.14. The van der Waals surface area contributed by atoms with Crippen LogP contribution in [0.15, 0.2) is 30.3 Å². The number of amides is 1. The van der Waals surface area contributed by atoms with Crippen LogP contribution in [0.4, 0.5) is 0 Å². The monoisotopic (exact) mass is 247 g/mol. The second-order valence-corrected chi connectivity index (χ2v) is 4.98. The van der Waals surface area contributed by atoms with Crippen molar-refractivity contribution in [2.45, 2.75) is 25.8 Å². The van der Waals surface area contributed by atoms with Crippen LogP contribution >= 0.6 is 0 Å². The van der Waals surface area contributed by atoms with Crippen LogP contribution in [0, 0.1) is 5.92 Å². The summed E-state index contributed by atoms with van der Waals surface area (Å²) in [5, 5.41) is 3.03. The van der Waals surface area contributed by atoms with Crippen molar-refractivity contribution >= 4 is 5.91 Å². The zero-order chi connectivity index (χ0) is 13.0. The van der Waals surface area contributed by atoms with E-state index in [2.05, 4.69) is 35.2 Å². The largest absolute Gasteiger partial charge is 0.355 e. The predicted molar refractivity (Wildman–Crippen MR) is 72.0 cm³/mol. The van der Waals surface area contributed by atoms with Gasteiger partial charge in [-0.1, -0.05) is 37.3 Å². The van der Waals surface area contributed by atoms with Crippen LogP contribution in [0.3, 0.4) is 0 Å². The smallest absolute Gasteiger partial charge is 0.226 e. The molecule has 1 fully saturated rings. The third kappa shape index (κ3) is 3.09. The van der Waals surface area contributed by atoms with E-state index in [4.69, 9.17) is 0 Å². The molecule has 3 unspecified atom stereocenters. The second kappa shape index (κ2) is 5.98. The number of hydrazine groups is 1. The van der Waals surface area contributed by atoms with E-state index in [1.54, 1.807) is 0 Å². The SMILES string of the molecule is CC(CNC(=O)C1CNNC1C)c1ccccc1. The van der Waals surface area contributed by atoms with Gasteiger partial charge in [-0.25, -0.2) is 0 Å². The van der Waals surface area contributed by atoms with Crippen LogP contribution in [0.2, 0.25) is 0 Å². The number of nitrogens with one attached hydrogen (secondary N) is 3. The Hall–Kier alpha value is -1.39. The summed E-state index contributed by atoms with van der Waals surface area (Å²) < 4.78 is 0. The molecule has 0 radical (unpaired) electrons. The highest BCUT2D eigenvalue weighted by atomic mass is 16.2. The van der Waals surface area contributed by atoms with Gasteiger partial charge in [-0.3, -0.25) is 15.6 Å². The van der Waals surface area contributed by atoms with Gasteiger partial charge in [0.1, 0.15) is 0 Å². The van der Waals surface area contributed by atoms with Gasteiger partial charge in [-0.05, 0) is 18.4 Å². The lowest BCUT2D eigenvalue weighted by atomic mass is 9.99. The maximum Gasteiger partial charge on any atom is 0.226 e. The first-order valence-electron chi connectivity index (χ1n) is 6.49. The molecule has 3 N–H and O–H groups in total. The van der Waals surface area contributed by atoms with Crippen molar-refractivity contribution in [3.63, 3.8) is 0 Å². The van der Waals surface area contributed by atoms with Gasteiger partial charge < -0.3 is 5.32 Å². The fraction of sp³-hybridized carbons (Fsp3) is 0.500. The van der Waals surface area contributed by atoms with Crippen molar-refractivity contribution in [3.8, 4) is 0 Å². The van der Waals surface area contributed by atoms with E-state index in [1.807, 2.05) is 25.1 Å². The Balaban J connectivity index is 1.83. The molecule has 0 aliphatic carbocycles. The fourth-order valence-electron chi connectivity index (χ4n) is 2.21. The summed E-state index contributed by atoms with van der Waals surface area (Å²) in [6.45, 7) is 5.54. The van der Waals surface area contributed by atoms with Gasteiger partial charge in [0, 0.05) is 19.1 Å². The lowest BCUT2D eigenvalue weighted by molar-refractivity contribution is -0.124. The van der Waals surface area contributed by atoms with E-state index in [0.717, 1.165) is 0 Å². The predicted octanol–water partition coefficient (Wildman–Crippen LogP) is 1.02. The molecule has 4 heteroatoms. The molecule has 0 aromatic heterocycles. The van der Waals surface area contributed by atoms with Crippen LogP contribution in [0.25, 0.3) is 0 Å². The molecule has 0 saturated carbocycles. The Morgan fingerprint density at radius 3 is 2.78 bits per heavy atom. The van der Waals surface area contributed by atoms with Gasteiger partial charge >= 0.3 is 0 Å². The Bertz CT molecular complexity index is 393. The molecule has 1 aromatic carbocycles. The molecule has 1 aliphatic rings. The van der Waals surface area contributed by atoms with Crippen molar-refractivity contribution in [2.24, 2.45) is 5.92 Å². The number of carbonyl (C=O) groups is 1. The highest BCUT2D eigenvalue weighted by molar-refractivity contribution is 5.80. The molecule has 2 rings (SSSR count). The first kappa shape index (κ1) is 13.1. The number of benzene rings is 1. The van der Waals surface area contributed by atoms with E-state index >= 15 is 0 Å². The molecular formula is C14H21N3O. The van der Waals surface area contributed by atoms with Gasteiger partial charge in [0.2, 0.25) is 5.91 Å². The third-order valence-electron chi connectivity index (χ3n) is 3.54. The van der Waals surface area contributed by atoms with Gasteiger partial charge in [-0.2, -0.15) is 0 Å². The molecule has 98 valence electrons. The Morgan fingerprint density at radius 1 is 1.44 bits per heavy atom. The number of hydrogen-bond acceptors (Lipinski definition) is 3. The lowest BCUT2D eigenvalue weighted by Gasteiger charge is -2.17. The summed E-state index contributed by atoms with van der Waals surface area (Å²) in [5.41, 5.74) is 7.33. The summed E-state index contributed by atoms with van der Waals surface area (Å²) in [5.74, 6) is 0.489. The molecule has 18 heavy (non-hydrogen) atoms. The second-order valence-electron chi connectivity index (χ2n) is 4.98. The van der Waals surface area contributed by atoms with Crippen molar-refractivity contribution in [3.05, 3.63) is 35.9 Å². The summed E-state index contributed by atoms with van der Waals surface area (Å²) in [6, 6.07) is 10.4. The zero-order valence-corrected chi connectivity index (χ0v) is 10.9. The molecule has 1 aliphatic heterocycles. The zero-order valence-electron chi connectivity index (χ0n) is 10.9. The topological polar surface area (TPSA) is 53.2 Å². The van der Waals surface area contributed by atoms with Crippen LogP contribution in [-0.2, 0) is 4.79 Å². The van der Waals surface area contributed by atoms with Crippen molar-refractivity contribution < 1.29 is 4.79 Å². The maximum absolute atomic E-state index is 12.0. The first-order chi connectivity index (χ1) is 8.68. The fourth-order valence-corrected chi connectivity index (χ4v) is 2.21. The summed E-state index contributed by atoms with van der Waals surface area (Å²) in [7, 11) is 0. The molecule has 1 heterocycles. The molecule has 1 saturated heterocycles. The van der Waals surface area contributed by atoms with Crippen molar-refractivity contribution in [1.82, 2.24) is 16.2 Å². The first-order valence-corrected chi connectivity index (χ1v) is 6.49. The number of rotatable bonds is 4. The number of hydrogen-bond donors (Lipinski definition) is 3. The Morgan fingerprint density at radius 2 is 2.17 bits per heavy atom. The molecule has 1 amide bonds. The van der Waals surface area contributed by atoms with Gasteiger partial charge in [0.25, 0.3) is 0 Å². The van der Waals surface area contributed by atoms with Crippen molar-refractivity contribution in [1.29, 1.82) is 0 Å². The third-order valence-corrected chi connectivity index (χ3v) is 3.54. The average molecular weight is 247 g/mol. The molecular weight excluding hydrogens is 226 g/mol. The highest BCUT2D eigenvalue weighted by Gasteiger charge is 2.29. The molecule has 4 nitrogen and oxygen atoms in total. The summed E-state index contributed by atoms with van der Waals surface area (Å²) in [4.78, 5) is 12.0. The Labute approximate surface area is 108 Å². The lowest BCUT2D eigenvalue weighted by Crippen LogP contribution is -2.39. The van der Waals surface area contributed by atoms with Crippen LogP contribution in [0.5, 0.6) is 0 Å². The van der Waals surface area contributed by atoms with Crippen LogP contribution in [-0.4, -0.2) is 25.0 Å². The molecule has 0 bridgehead atoms. The molecule has 1 aromatic rings. The normalized spacial score (nSPS) is 24.8. The van der Waals surface area contributed by atoms with Gasteiger partial charge in [0.15, 0.2) is 0 Å². The molecule has 3 atom stereocenters. The maximum atomic E-state index is 12.0. The minimum Gasteiger partial charge on any atom is -0.355 e. The van der Waals surface area contributed by atoms with E-state index < -0.39 is 0 Å². The number of carbonyl (C=O) groups excluding carboxylic acids is 1. The van der Waals surface area contributed by atoms with E-state index in [-0.39, 0.29) is 17.9 Å². The van der Waals surface area contributed by atoms with Crippen LogP contribution < -0.4 is 16.2 Å². The van der Waals surface area contributed by atoms with E-state index in [1.165, 1.54) is 5.56 Å². The van der Waals surface area contributed by atoms with Crippen LogP contribution in [0.1, 0.15) is 25.3 Å². The average Bonchev–Trinajstić information content (AvgIpc) is 2.83.